The van der Waals surface area contributed by atoms with Gasteiger partial charge in [0.1, 0.15) is 23.0 Å². The Bertz CT molecular complexity index is 984. The van der Waals surface area contributed by atoms with Crippen molar-refractivity contribution in [1.82, 2.24) is 4.31 Å². The Hall–Kier alpha value is -2.49. The van der Waals surface area contributed by atoms with Crippen molar-refractivity contribution in [2.45, 2.75) is 6.54 Å². The summed E-state index contributed by atoms with van der Waals surface area (Å²) < 4.78 is 39.9. The molecule has 0 radical (unpaired) electrons. The maximum atomic E-state index is 12.2. The van der Waals surface area contributed by atoms with Gasteiger partial charge in [0.25, 0.3) is 0 Å². The minimum atomic E-state index is -3.31. The van der Waals surface area contributed by atoms with Gasteiger partial charge in [-0.1, -0.05) is 11.6 Å². The number of ether oxygens (including phenoxy) is 2. The van der Waals surface area contributed by atoms with Crippen LogP contribution in [0.15, 0.2) is 34.8 Å². The van der Waals surface area contributed by atoms with Crippen molar-refractivity contribution in [2.24, 2.45) is 0 Å². The quantitative estimate of drug-likeness (QED) is 0.649. The van der Waals surface area contributed by atoms with Gasteiger partial charge in [-0.25, -0.2) is 8.42 Å². The fourth-order valence-electron chi connectivity index (χ4n) is 2.20. The lowest BCUT2D eigenvalue weighted by Crippen LogP contribution is -2.24. The van der Waals surface area contributed by atoms with E-state index in [9.17, 15) is 13.2 Å². The molecule has 28 heavy (non-hydrogen) atoms. The standard InChI is InChI=1S/C18H21ClN2O6S/c1-21(28(4,23)24)11-13-6-5-12(27-13)7-8-18(22)20-15-10-16(25-2)14(19)9-17(15)26-3/h5-10H,11H2,1-4H3,(H,20,22)/b8-7+. The van der Waals surface area contributed by atoms with Gasteiger partial charge in [-0.2, -0.15) is 4.31 Å². The number of halogens is 1. The van der Waals surface area contributed by atoms with Crippen LogP contribution in [0.4, 0.5) is 5.69 Å². The number of nitrogens with zero attached hydrogens (tertiary/aromatic N) is 1. The van der Waals surface area contributed by atoms with Crippen molar-refractivity contribution in [3.63, 3.8) is 0 Å². The monoisotopic (exact) mass is 428 g/mol. The van der Waals surface area contributed by atoms with Gasteiger partial charge >= 0.3 is 0 Å². The van der Waals surface area contributed by atoms with Gasteiger partial charge in [-0.3, -0.25) is 4.79 Å². The van der Waals surface area contributed by atoms with Crippen LogP contribution in [-0.2, 0) is 21.4 Å². The van der Waals surface area contributed by atoms with Gasteiger partial charge in [-0.15, -0.1) is 0 Å². The summed E-state index contributed by atoms with van der Waals surface area (Å²) in [4.78, 5) is 12.2. The molecule has 0 spiro atoms. The number of furan rings is 1. The molecule has 0 bridgehead atoms. The molecular formula is C18H21ClN2O6S. The summed E-state index contributed by atoms with van der Waals surface area (Å²) >= 11 is 6.04. The van der Waals surface area contributed by atoms with Crippen molar-refractivity contribution < 1.29 is 27.1 Å². The van der Waals surface area contributed by atoms with E-state index in [1.54, 1.807) is 18.2 Å². The second-order valence-electron chi connectivity index (χ2n) is 5.83. The van der Waals surface area contributed by atoms with E-state index < -0.39 is 15.9 Å². The van der Waals surface area contributed by atoms with Gasteiger partial charge in [0.2, 0.25) is 15.9 Å². The SMILES string of the molecule is COc1cc(NC(=O)/C=C/c2ccc(CN(C)S(C)(=O)=O)o2)c(OC)cc1Cl. The van der Waals surface area contributed by atoms with Crippen molar-refractivity contribution in [2.75, 3.05) is 32.8 Å². The average molecular weight is 429 g/mol. The third kappa shape index (κ3) is 5.75. The number of hydrogen-bond acceptors (Lipinski definition) is 6. The lowest BCUT2D eigenvalue weighted by Gasteiger charge is -2.12. The highest BCUT2D eigenvalue weighted by molar-refractivity contribution is 7.88. The minimum absolute atomic E-state index is 0.0979. The Labute approximate surface area is 168 Å². The first-order valence-electron chi connectivity index (χ1n) is 8.04. The van der Waals surface area contributed by atoms with Crippen LogP contribution in [0.5, 0.6) is 11.5 Å². The molecule has 1 heterocycles. The summed E-state index contributed by atoms with van der Waals surface area (Å²) in [5.74, 6) is 1.22. The van der Waals surface area contributed by atoms with Crippen molar-refractivity contribution in [1.29, 1.82) is 0 Å². The molecule has 1 aromatic carbocycles. The molecule has 1 amide bonds. The Morgan fingerprint density at radius 2 is 1.93 bits per heavy atom. The lowest BCUT2D eigenvalue weighted by atomic mass is 10.2. The zero-order valence-electron chi connectivity index (χ0n) is 15.9. The molecule has 152 valence electrons. The second kappa shape index (κ2) is 9.13. The second-order valence-corrected chi connectivity index (χ2v) is 8.33. The number of anilines is 1. The van der Waals surface area contributed by atoms with Crippen molar-refractivity contribution in [3.8, 4) is 11.5 Å². The molecule has 1 N–H and O–H groups in total. The van der Waals surface area contributed by atoms with Crippen LogP contribution < -0.4 is 14.8 Å². The average Bonchev–Trinajstić information content (AvgIpc) is 3.07. The maximum absolute atomic E-state index is 12.2. The number of carbonyl (C=O) groups is 1. The summed E-state index contributed by atoms with van der Waals surface area (Å²) in [6.07, 6.45) is 3.86. The van der Waals surface area contributed by atoms with Gasteiger partial charge in [0.05, 0.1) is 37.7 Å². The van der Waals surface area contributed by atoms with Crippen molar-refractivity contribution >= 4 is 39.3 Å². The summed E-state index contributed by atoms with van der Waals surface area (Å²) in [5.41, 5.74) is 0.397. The molecule has 0 atom stereocenters. The van der Waals surface area contributed by atoms with Crippen molar-refractivity contribution in [3.05, 3.63) is 46.9 Å². The summed E-state index contributed by atoms with van der Waals surface area (Å²) in [7, 11) is 1.07. The molecule has 1 aromatic heterocycles. The molecule has 8 nitrogen and oxygen atoms in total. The first kappa shape index (κ1) is 21.8. The van der Waals surface area contributed by atoms with Gasteiger partial charge in [-0.05, 0) is 18.2 Å². The molecule has 0 aliphatic heterocycles. The first-order valence-corrected chi connectivity index (χ1v) is 10.3. The summed E-state index contributed by atoms with van der Waals surface area (Å²) in [5, 5.41) is 3.03. The molecule has 0 unspecified atom stereocenters. The number of sulfonamides is 1. The normalized spacial score (nSPS) is 11.8. The molecule has 0 saturated carbocycles. The molecule has 0 fully saturated rings. The van der Waals surface area contributed by atoms with Crippen LogP contribution in [0.25, 0.3) is 6.08 Å². The third-order valence-electron chi connectivity index (χ3n) is 3.76. The highest BCUT2D eigenvalue weighted by Crippen LogP contribution is 2.35. The Balaban J connectivity index is 2.07. The number of methoxy groups -OCH3 is 2. The van der Waals surface area contributed by atoms with E-state index in [1.807, 2.05) is 0 Å². The van der Waals surface area contributed by atoms with Gasteiger partial charge in [0.15, 0.2) is 0 Å². The number of carbonyl (C=O) groups excluding carboxylic acids is 1. The minimum Gasteiger partial charge on any atom is -0.495 e. The Morgan fingerprint density at radius 3 is 2.54 bits per heavy atom. The lowest BCUT2D eigenvalue weighted by molar-refractivity contribution is -0.111. The Morgan fingerprint density at radius 1 is 1.25 bits per heavy atom. The smallest absolute Gasteiger partial charge is 0.248 e. The molecule has 0 aliphatic rings. The van der Waals surface area contributed by atoms with E-state index >= 15 is 0 Å². The number of benzene rings is 1. The fraction of sp³-hybridized carbons (Fsp3) is 0.278. The summed E-state index contributed by atoms with van der Waals surface area (Å²) in [6.45, 7) is 0.0979. The van der Waals surface area contributed by atoms with Crippen LogP contribution in [0.2, 0.25) is 5.02 Å². The largest absolute Gasteiger partial charge is 0.495 e. The molecule has 0 aliphatic carbocycles. The fourth-order valence-corrected chi connectivity index (χ4v) is 2.79. The molecule has 0 saturated heterocycles. The number of rotatable bonds is 8. The van der Waals surface area contributed by atoms with E-state index in [2.05, 4.69) is 5.32 Å². The van der Waals surface area contributed by atoms with Crippen LogP contribution in [0.1, 0.15) is 11.5 Å². The van der Waals surface area contributed by atoms with E-state index in [0.29, 0.717) is 33.7 Å². The highest BCUT2D eigenvalue weighted by Gasteiger charge is 2.14. The highest BCUT2D eigenvalue weighted by atomic mass is 35.5. The van der Waals surface area contributed by atoms with Crippen LogP contribution >= 0.6 is 11.6 Å². The first-order chi connectivity index (χ1) is 13.1. The number of nitrogens with one attached hydrogen (secondary N) is 1. The zero-order chi connectivity index (χ0) is 20.9. The molecule has 2 aromatic rings. The molecule has 10 heteroatoms. The third-order valence-corrected chi connectivity index (χ3v) is 5.31. The number of amides is 1. The topological polar surface area (TPSA) is 98.1 Å². The van der Waals surface area contributed by atoms with Crippen LogP contribution in [0, 0.1) is 0 Å². The van der Waals surface area contributed by atoms with E-state index in [0.717, 1.165) is 10.6 Å². The predicted octanol–water partition coefficient (Wildman–Crippen LogP) is 2.99. The maximum Gasteiger partial charge on any atom is 0.248 e. The van der Waals surface area contributed by atoms with Gasteiger partial charge in [0, 0.05) is 25.3 Å². The Kier molecular flexibility index (Phi) is 7.11. The van der Waals surface area contributed by atoms with E-state index in [4.69, 9.17) is 25.5 Å². The van der Waals surface area contributed by atoms with E-state index in [1.165, 1.54) is 39.5 Å². The predicted molar refractivity (Wildman–Crippen MR) is 107 cm³/mol. The molecular weight excluding hydrogens is 408 g/mol. The number of hydrogen-bond donors (Lipinski definition) is 1. The molecule has 2 rings (SSSR count). The summed E-state index contributed by atoms with van der Waals surface area (Å²) in [6, 6.07) is 6.38. The van der Waals surface area contributed by atoms with Crippen LogP contribution in [-0.4, -0.2) is 46.2 Å². The van der Waals surface area contributed by atoms with E-state index in [-0.39, 0.29) is 6.54 Å². The zero-order valence-corrected chi connectivity index (χ0v) is 17.4. The van der Waals surface area contributed by atoms with Crippen LogP contribution in [0.3, 0.4) is 0 Å². The van der Waals surface area contributed by atoms with Gasteiger partial charge < -0.3 is 19.2 Å².